The van der Waals surface area contributed by atoms with Crippen LogP contribution in [-0.2, 0) is 17.6 Å². The molecule has 3 rings (SSSR count). The first-order valence-electron chi connectivity index (χ1n) is 9.02. The predicted molar refractivity (Wildman–Crippen MR) is 91.1 cm³/mol. The largest absolute Gasteiger partial charge is 0.361 e. The van der Waals surface area contributed by atoms with Crippen LogP contribution in [0.15, 0.2) is 9.05 Å². The number of carbonyl (C=O) groups is 1. The molecule has 2 aromatic rings. The van der Waals surface area contributed by atoms with E-state index in [-0.39, 0.29) is 17.7 Å². The van der Waals surface area contributed by atoms with Gasteiger partial charge in [0.15, 0.2) is 5.82 Å². The quantitative estimate of drug-likeness (QED) is 0.827. The van der Waals surface area contributed by atoms with Gasteiger partial charge in [-0.3, -0.25) is 4.79 Å². The van der Waals surface area contributed by atoms with Crippen molar-refractivity contribution in [2.45, 2.75) is 59.3 Å². The predicted octanol–water partition coefficient (Wildman–Crippen LogP) is 2.82. The van der Waals surface area contributed by atoms with Gasteiger partial charge in [-0.15, -0.1) is 0 Å². The first-order chi connectivity index (χ1) is 12.0. The van der Waals surface area contributed by atoms with Crippen molar-refractivity contribution in [1.29, 1.82) is 0 Å². The molecule has 2 atom stereocenters. The summed E-state index contributed by atoms with van der Waals surface area (Å²) in [5.74, 6) is 2.41. The Bertz CT molecular complexity index is 717. The second-order valence-corrected chi connectivity index (χ2v) is 6.93. The summed E-state index contributed by atoms with van der Waals surface area (Å²) < 4.78 is 10.4. The highest BCUT2D eigenvalue weighted by atomic mass is 16.5. The van der Waals surface area contributed by atoms with E-state index in [1.54, 1.807) is 0 Å². The molecule has 7 nitrogen and oxygen atoms in total. The molecule has 0 aromatic carbocycles. The number of hydrogen-bond donors (Lipinski definition) is 0. The van der Waals surface area contributed by atoms with Gasteiger partial charge in [-0.2, -0.15) is 4.98 Å². The number of likely N-dealkylation sites (tertiary alicyclic amines) is 1. The first kappa shape index (κ1) is 17.6. The molecule has 0 radical (unpaired) electrons. The summed E-state index contributed by atoms with van der Waals surface area (Å²) in [5, 5.41) is 8.06. The van der Waals surface area contributed by atoms with E-state index in [9.17, 15) is 4.79 Å². The second kappa shape index (κ2) is 7.37. The Kier molecular flexibility index (Phi) is 5.20. The molecule has 1 amide bonds. The zero-order chi connectivity index (χ0) is 18.0. The minimum Gasteiger partial charge on any atom is -0.361 e. The Balaban J connectivity index is 1.65. The van der Waals surface area contributed by atoms with Gasteiger partial charge in [0.05, 0.1) is 5.69 Å². The summed E-state index contributed by atoms with van der Waals surface area (Å²) in [6, 6.07) is 0. The Morgan fingerprint density at radius 2 is 2.12 bits per heavy atom. The van der Waals surface area contributed by atoms with Crippen molar-refractivity contribution >= 4 is 5.91 Å². The molecule has 0 unspecified atom stereocenters. The van der Waals surface area contributed by atoms with Crippen LogP contribution in [0.3, 0.4) is 0 Å². The molecular formula is C18H26N4O3. The third-order valence-corrected chi connectivity index (χ3v) is 5.00. The van der Waals surface area contributed by atoms with Crippen molar-refractivity contribution in [1.82, 2.24) is 20.2 Å². The Labute approximate surface area is 147 Å². The average molecular weight is 346 g/mol. The molecule has 25 heavy (non-hydrogen) atoms. The first-order valence-corrected chi connectivity index (χ1v) is 9.02. The molecule has 0 aliphatic carbocycles. The molecule has 0 spiro atoms. The van der Waals surface area contributed by atoms with E-state index in [2.05, 4.69) is 15.3 Å². The SMILES string of the molecule is CCc1nc([C@@H]2CCCN(C(=O)[C@H](C)Cc3c(C)noc3C)C2)no1. The van der Waals surface area contributed by atoms with Crippen LogP contribution < -0.4 is 0 Å². The zero-order valence-corrected chi connectivity index (χ0v) is 15.4. The Hall–Kier alpha value is -2.18. The van der Waals surface area contributed by atoms with Crippen molar-refractivity contribution in [3.63, 3.8) is 0 Å². The highest BCUT2D eigenvalue weighted by molar-refractivity contribution is 5.79. The van der Waals surface area contributed by atoms with Crippen molar-refractivity contribution < 1.29 is 13.8 Å². The lowest BCUT2D eigenvalue weighted by molar-refractivity contribution is -0.136. The number of aromatic nitrogens is 3. The maximum absolute atomic E-state index is 12.9. The molecule has 1 fully saturated rings. The molecule has 0 bridgehead atoms. The maximum atomic E-state index is 12.9. The number of piperidine rings is 1. The highest BCUT2D eigenvalue weighted by Gasteiger charge is 2.30. The summed E-state index contributed by atoms with van der Waals surface area (Å²) in [4.78, 5) is 19.3. The molecule has 0 N–H and O–H groups in total. The molecule has 1 saturated heterocycles. The molecule has 1 aliphatic rings. The summed E-state index contributed by atoms with van der Waals surface area (Å²) in [5.41, 5.74) is 1.91. The standard InChI is InChI=1S/C18H26N4O3/c1-5-16-19-17(21-25-16)14-7-6-8-22(10-14)18(23)11(2)9-15-12(3)20-24-13(15)4/h11,14H,5-10H2,1-4H3/t11-,14-/m1/s1. The number of rotatable bonds is 5. The van der Waals surface area contributed by atoms with Crippen molar-refractivity contribution in [2.24, 2.45) is 5.92 Å². The van der Waals surface area contributed by atoms with Crippen molar-refractivity contribution in [3.8, 4) is 0 Å². The Morgan fingerprint density at radius 1 is 1.32 bits per heavy atom. The molecule has 1 aliphatic heterocycles. The van der Waals surface area contributed by atoms with Crippen molar-refractivity contribution in [2.75, 3.05) is 13.1 Å². The van der Waals surface area contributed by atoms with E-state index in [1.165, 1.54) is 0 Å². The number of carbonyl (C=O) groups excluding carboxylic acids is 1. The summed E-state index contributed by atoms with van der Waals surface area (Å²) in [6.45, 7) is 9.23. The number of amides is 1. The van der Waals surface area contributed by atoms with E-state index in [0.29, 0.717) is 18.9 Å². The van der Waals surface area contributed by atoms with E-state index in [4.69, 9.17) is 9.05 Å². The van der Waals surface area contributed by atoms with Gasteiger partial charge < -0.3 is 13.9 Å². The lowest BCUT2D eigenvalue weighted by Gasteiger charge is -2.33. The number of aryl methyl sites for hydroxylation is 3. The fraction of sp³-hybridized carbons (Fsp3) is 0.667. The molecule has 2 aromatic heterocycles. The van der Waals surface area contributed by atoms with Gasteiger partial charge in [0.25, 0.3) is 0 Å². The number of hydrogen-bond acceptors (Lipinski definition) is 6. The van der Waals surface area contributed by atoms with Gasteiger partial charge in [-0.1, -0.05) is 24.2 Å². The van der Waals surface area contributed by atoms with Gasteiger partial charge in [-0.05, 0) is 33.1 Å². The summed E-state index contributed by atoms with van der Waals surface area (Å²) in [6.07, 6.45) is 3.34. The van der Waals surface area contributed by atoms with E-state index in [0.717, 1.165) is 48.6 Å². The fourth-order valence-electron chi connectivity index (χ4n) is 3.46. The third kappa shape index (κ3) is 3.75. The van der Waals surface area contributed by atoms with Crippen LogP contribution in [0, 0.1) is 19.8 Å². The lowest BCUT2D eigenvalue weighted by atomic mass is 9.94. The minimum atomic E-state index is -0.105. The van der Waals surface area contributed by atoms with Gasteiger partial charge in [0.1, 0.15) is 5.76 Å². The molecule has 136 valence electrons. The van der Waals surface area contributed by atoms with Crippen LogP contribution in [0.2, 0.25) is 0 Å². The molecule has 3 heterocycles. The summed E-state index contributed by atoms with van der Waals surface area (Å²) >= 11 is 0. The van der Waals surface area contributed by atoms with Crippen LogP contribution >= 0.6 is 0 Å². The van der Waals surface area contributed by atoms with Crippen LogP contribution in [0.5, 0.6) is 0 Å². The van der Waals surface area contributed by atoms with Crippen molar-refractivity contribution in [3.05, 3.63) is 28.7 Å². The average Bonchev–Trinajstić information content (AvgIpc) is 3.23. The molecule has 7 heteroatoms. The van der Waals surface area contributed by atoms with Gasteiger partial charge >= 0.3 is 0 Å². The van der Waals surface area contributed by atoms with Crippen LogP contribution in [0.1, 0.15) is 61.3 Å². The van der Waals surface area contributed by atoms with Gasteiger partial charge in [0.2, 0.25) is 11.8 Å². The third-order valence-electron chi connectivity index (χ3n) is 5.00. The van der Waals surface area contributed by atoms with E-state index >= 15 is 0 Å². The fourth-order valence-corrected chi connectivity index (χ4v) is 3.46. The smallest absolute Gasteiger partial charge is 0.226 e. The van der Waals surface area contributed by atoms with Crippen LogP contribution in [-0.4, -0.2) is 39.2 Å². The zero-order valence-electron chi connectivity index (χ0n) is 15.4. The second-order valence-electron chi connectivity index (χ2n) is 6.93. The normalized spacial score (nSPS) is 19.2. The Morgan fingerprint density at radius 3 is 2.76 bits per heavy atom. The molecular weight excluding hydrogens is 320 g/mol. The van der Waals surface area contributed by atoms with Gasteiger partial charge in [0, 0.05) is 36.9 Å². The van der Waals surface area contributed by atoms with Crippen LogP contribution in [0.4, 0.5) is 0 Å². The topological polar surface area (TPSA) is 85.3 Å². The number of nitrogens with zero attached hydrogens (tertiary/aromatic N) is 4. The maximum Gasteiger partial charge on any atom is 0.226 e. The van der Waals surface area contributed by atoms with E-state index < -0.39 is 0 Å². The van der Waals surface area contributed by atoms with Crippen LogP contribution in [0.25, 0.3) is 0 Å². The minimum absolute atomic E-state index is 0.105. The highest BCUT2D eigenvalue weighted by Crippen LogP contribution is 2.27. The van der Waals surface area contributed by atoms with E-state index in [1.807, 2.05) is 32.6 Å². The molecule has 0 saturated carbocycles. The lowest BCUT2D eigenvalue weighted by Crippen LogP contribution is -2.42. The van der Waals surface area contributed by atoms with Gasteiger partial charge in [-0.25, -0.2) is 0 Å². The monoisotopic (exact) mass is 346 g/mol. The summed E-state index contributed by atoms with van der Waals surface area (Å²) in [7, 11) is 0.